The minimum Gasteiger partial charge on any atom is -0.478 e. The standard InChI is InChI=1S/C15H20BrNO6/c1-15(2,3)23-14(22)17-7-11(18)12(19)9-5-4-8(13(20)21)6-10(9)16/h4-6,11-12,18-19H,7H2,1-3H3,(H,17,22)(H,20,21). The number of carboxylic acids is 1. The summed E-state index contributed by atoms with van der Waals surface area (Å²) in [5.74, 6) is -1.10. The topological polar surface area (TPSA) is 116 Å². The second kappa shape index (κ2) is 7.76. The highest BCUT2D eigenvalue weighted by Crippen LogP contribution is 2.27. The van der Waals surface area contributed by atoms with Gasteiger partial charge in [-0.2, -0.15) is 0 Å². The van der Waals surface area contributed by atoms with Crippen molar-refractivity contribution in [1.82, 2.24) is 5.32 Å². The molecular weight excluding hydrogens is 370 g/mol. The van der Waals surface area contributed by atoms with Gasteiger partial charge in [0.25, 0.3) is 0 Å². The van der Waals surface area contributed by atoms with E-state index in [9.17, 15) is 19.8 Å². The number of aliphatic hydroxyl groups excluding tert-OH is 2. The molecule has 2 atom stereocenters. The number of aliphatic hydroxyl groups is 2. The van der Waals surface area contributed by atoms with E-state index in [2.05, 4.69) is 21.2 Å². The molecule has 0 aromatic heterocycles. The largest absolute Gasteiger partial charge is 0.478 e. The van der Waals surface area contributed by atoms with Crippen LogP contribution >= 0.6 is 15.9 Å². The molecule has 1 rings (SSSR count). The van der Waals surface area contributed by atoms with Gasteiger partial charge in [-0.3, -0.25) is 0 Å². The molecule has 0 aliphatic rings. The zero-order valence-electron chi connectivity index (χ0n) is 13.0. The van der Waals surface area contributed by atoms with Crippen LogP contribution in [0.15, 0.2) is 22.7 Å². The number of hydrogen-bond donors (Lipinski definition) is 4. The van der Waals surface area contributed by atoms with Crippen molar-refractivity contribution in [2.24, 2.45) is 0 Å². The fourth-order valence-corrected chi connectivity index (χ4v) is 2.33. The van der Waals surface area contributed by atoms with Crippen molar-refractivity contribution >= 4 is 28.0 Å². The minimum absolute atomic E-state index is 0.0502. The monoisotopic (exact) mass is 389 g/mol. The van der Waals surface area contributed by atoms with E-state index in [1.54, 1.807) is 20.8 Å². The summed E-state index contributed by atoms with van der Waals surface area (Å²) in [6, 6.07) is 4.05. The van der Waals surface area contributed by atoms with Crippen LogP contribution < -0.4 is 5.32 Å². The van der Waals surface area contributed by atoms with Crippen molar-refractivity contribution in [2.75, 3.05) is 6.54 Å². The molecule has 0 heterocycles. The normalized spacial score (nSPS) is 14.0. The van der Waals surface area contributed by atoms with Gasteiger partial charge in [0.05, 0.1) is 5.56 Å². The molecule has 1 aromatic carbocycles. The molecule has 2 unspecified atom stereocenters. The lowest BCUT2D eigenvalue weighted by atomic mass is 10.0. The molecule has 0 aliphatic heterocycles. The van der Waals surface area contributed by atoms with Crippen LogP contribution in [0.5, 0.6) is 0 Å². The van der Waals surface area contributed by atoms with Gasteiger partial charge in [-0.05, 0) is 38.5 Å². The predicted octanol–water partition coefficient (Wildman–Crippen LogP) is 2.07. The van der Waals surface area contributed by atoms with Gasteiger partial charge in [0, 0.05) is 11.0 Å². The number of carboxylic acid groups (broad SMARTS) is 1. The number of carbonyl (C=O) groups is 2. The predicted molar refractivity (Wildman–Crippen MR) is 86.3 cm³/mol. The summed E-state index contributed by atoms with van der Waals surface area (Å²) >= 11 is 3.16. The highest BCUT2D eigenvalue weighted by atomic mass is 79.9. The summed E-state index contributed by atoms with van der Waals surface area (Å²) in [5.41, 5.74) is -0.300. The molecule has 0 spiro atoms. The first kappa shape index (κ1) is 19.4. The van der Waals surface area contributed by atoms with Gasteiger partial charge >= 0.3 is 12.1 Å². The maximum absolute atomic E-state index is 11.5. The molecule has 0 radical (unpaired) electrons. The molecule has 8 heteroatoms. The molecule has 7 nitrogen and oxygen atoms in total. The zero-order chi connectivity index (χ0) is 17.8. The van der Waals surface area contributed by atoms with Crippen molar-refractivity contribution in [1.29, 1.82) is 0 Å². The number of nitrogens with one attached hydrogen (secondary N) is 1. The number of amides is 1. The molecule has 0 bridgehead atoms. The molecule has 0 aliphatic carbocycles. The van der Waals surface area contributed by atoms with Crippen molar-refractivity contribution in [3.63, 3.8) is 0 Å². The molecule has 23 heavy (non-hydrogen) atoms. The van der Waals surface area contributed by atoms with Crippen LogP contribution in [0.2, 0.25) is 0 Å². The van der Waals surface area contributed by atoms with Gasteiger partial charge in [-0.15, -0.1) is 0 Å². The van der Waals surface area contributed by atoms with E-state index in [1.807, 2.05) is 0 Å². The lowest BCUT2D eigenvalue weighted by Gasteiger charge is -2.22. The van der Waals surface area contributed by atoms with Gasteiger partial charge in [-0.25, -0.2) is 9.59 Å². The van der Waals surface area contributed by atoms with Gasteiger partial charge in [0.15, 0.2) is 0 Å². The maximum atomic E-state index is 11.5. The summed E-state index contributed by atoms with van der Waals surface area (Å²) in [6.45, 7) is 4.90. The third kappa shape index (κ3) is 6.17. The number of carbonyl (C=O) groups excluding carboxylic acids is 1. The van der Waals surface area contributed by atoms with E-state index in [1.165, 1.54) is 18.2 Å². The average Bonchev–Trinajstić information content (AvgIpc) is 2.41. The van der Waals surface area contributed by atoms with Gasteiger partial charge in [0.1, 0.15) is 17.8 Å². The number of alkyl carbamates (subject to hydrolysis) is 1. The number of benzene rings is 1. The summed E-state index contributed by atoms with van der Waals surface area (Å²) < 4.78 is 5.37. The van der Waals surface area contributed by atoms with Crippen LogP contribution in [0.3, 0.4) is 0 Å². The summed E-state index contributed by atoms with van der Waals surface area (Å²) in [7, 11) is 0. The highest BCUT2D eigenvalue weighted by molar-refractivity contribution is 9.10. The molecule has 128 valence electrons. The minimum atomic E-state index is -1.30. The van der Waals surface area contributed by atoms with Crippen LogP contribution in [-0.2, 0) is 4.74 Å². The maximum Gasteiger partial charge on any atom is 0.407 e. The van der Waals surface area contributed by atoms with Crippen molar-refractivity contribution < 1.29 is 29.6 Å². The number of ether oxygens (including phenoxy) is 1. The Morgan fingerprint density at radius 3 is 2.39 bits per heavy atom. The van der Waals surface area contributed by atoms with Crippen LogP contribution in [-0.4, -0.2) is 45.6 Å². The lowest BCUT2D eigenvalue weighted by molar-refractivity contribution is 0.0126. The number of aromatic carboxylic acids is 1. The van der Waals surface area contributed by atoms with Crippen LogP contribution in [0.4, 0.5) is 4.79 Å². The quantitative estimate of drug-likeness (QED) is 0.612. The fourth-order valence-electron chi connectivity index (χ4n) is 1.72. The molecule has 1 aromatic rings. The first-order valence-corrected chi connectivity index (χ1v) is 7.66. The summed E-state index contributed by atoms with van der Waals surface area (Å²) in [4.78, 5) is 22.4. The molecule has 0 saturated heterocycles. The Morgan fingerprint density at radius 2 is 1.91 bits per heavy atom. The van der Waals surface area contributed by atoms with Crippen molar-refractivity contribution in [3.8, 4) is 0 Å². The van der Waals surface area contributed by atoms with Gasteiger partial charge < -0.3 is 25.4 Å². The number of halogens is 1. The Kier molecular flexibility index (Phi) is 6.55. The summed E-state index contributed by atoms with van der Waals surface area (Å²) in [6.07, 6.45) is -3.29. The number of rotatable bonds is 5. The number of hydrogen-bond acceptors (Lipinski definition) is 5. The second-order valence-electron chi connectivity index (χ2n) is 5.94. The van der Waals surface area contributed by atoms with Crippen LogP contribution in [0.25, 0.3) is 0 Å². The van der Waals surface area contributed by atoms with E-state index < -0.39 is 29.9 Å². The Morgan fingerprint density at radius 1 is 1.30 bits per heavy atom. The van der Waals surface area contributed by atoms with Crippen molar-refractivity contribution in [3.05, 3.63) is 33.8 Å². The molecule has 1 amide bonds. The molecule has 4 N–H and O–H groups in total. The fraction of sp³-hybridized carbons (Fsp3) is 0.467. The Hall–Kier alpha value is -1.64. The van der Waals surface area contributed by atoms with Gasteiger partial charge in [-0.1, -0.05) is 22.0 Å². The van der Waals surface area contributed by atoms with E-state index in [0.717, 1.165) is 0 Å². The first-order chi connectivity index (χ1) is 10.5. The van der Waals surface area contributed by atoms with E-state index >= 15 is 0 Å². The third-order valence-corrected chi connectivity index (χ3v) is 3.47. The first-order valence-electron chi connectivity index (χ1n) is 6.87. The Balaban J connectivity index is 2.68. The zero-order valence-corrected chi connectivity index (χ0v) is 14.6. The third-order valence-electron chi connectivity index (χ3n) is 2.78. The van der Waals surface area contributed by atoms with Crippen molar-refractivity contribution in [2.45, 2.75) is 38.6 Å². The summed E-state index contributed by atoms with van der Waals surface area (Å²) in [5, 5.41) is 31.3. The van der Waals surface area contributed by atoms with E-state index in [0.29, 0.717) is 10.0 Å². The SMILES string of the molecule is CC(C)(C)OC(=O)NCC(O)C(O)c1ccc(C(=O)O)cc1Br. The smallest absolute Gasteiger partial charge is 0.407 e. The van der Waals surface area contributed by atoms with Gasteiger partial charge in [0.2, 0.25) is 0 Å². The van der Waals surface area contributed by atoms with E-state index in [-0.39, 0.29) is 12.1 Å². The average molecular weight is 390 g/mol. The molecule has 0 saturated carbocycles. The molecular formula is C15H20BrNO6. The Bertz CT molecular complexity index is 584. The highest BCUT2D eigenvalue weighted by Gasteiger charge is 2.23. The Labute approximate surface area is 142 Å². The molecule has 0 fully saturated rings. The van der Waals surface area contributed by atoms with E-state index in [4.69, 9.17) is 9.84 Å². The van der Waals surface area contributed by atoms with Crippen LogP contribution in [0, 0.1) is 0 Å². The lowest BCUT2D eigenvalue weighted by Crippen LogP contribution is -2.38. The van der Waals surface area contributed by atoms with Crippen LogP contribution in [0.1, 0.15) is 42.8 Å². The second-order valence-corrected chi connectivity index (χ2v) is 6.79.